The Balaban J connectivity index is 2.26. The molecule has 1 saturated carbocycles. The first-order valence-electron chi connectivity index (χ1n) is 5.74. The summed E-state index contributed by atoms with van der Waals surface area (Å²) in [6, 6.07) is 2.89. The van der Waals surface area contributed by atoms with Crippen LogP contribution in [0.5, 0.6) is 0 Å². The van der Waals surface area contributed by atoms with Gasteiger partial charge < -0.3 is 5.32 Å². The molecular formula is C12H15FN2O3S. The van der Waals surface area contributed by atoms with E-state index in [1.54, 1.807) is 0 Å². The highest BCUT2D eigenvalue weighted by molar-refractivity contribution is 7.89. The summed E-state index contributed by atoms with van der Waals surface area (Å²) in [6.45, 7) is 3.96. The van der Waals surface area contributed by atoms with Gasteiger partial charge in [-0.3, -0.25) is 4.79 Å². The molecule has 0 bridgehead atoms. The van der Waals surface area contributed by atoms with E-state index in [0.717, 1.165) is 24.6 Å². The lowest BCUT2D eigenvalue weighted by Crippen LogP contribution is -2.29. The van der Waals surface area contributed by atoms with E-state index >= 15 is 0 Å². The second-order valence-electron chi connectivity index (χ2n) is 5.41. The molecule has 104 valence electrons. The van der Waals surface area contributed by atoms with Crippen molar-refractivity contribution in [2.75, 3.05) is 0 Å². The number of primary sulfonamides is 1. The number of rotatable bonds is 3. The smallest absolute Gasteiger partial charge is 0.254 e. The number of carbonyl (C=O) groups excluding carboxylic acids is 1. The average molecular weight is 286 g/mol. The number of nitrogens with one attached hydrogen (secondary N) is 1. The molecule has 2 rings (SSSR count). The van der Waals surface area contributed by atoms with Crippen LogP contribution in [0.1, 0.15) is 30.6 Å². The van der Waals surface area contributed by atoms with Crippen molar-refractivity contribution >= 4 is 15.9 Å². The van der Waals surface area contributed by atoms with Crippen LogP contribution in [0, 0.1) is 11.2 Å². The van der Waals surface area contributed by atoms with Crippen molar-refractivity contribution in [2.45, 2.75) is 31.2 Å². The van der Waals surface area contributed by atoms with Crippen molar-refractivity contribution in [1.82, 2.24) is 5.32 Å². The van der Waals surface area contributed by atoms with Gasteiger partial charge in [-0.05, 0) is 30.0 Å². The monoisotopic (exact) mass is 286 g/mol. The average Bonchev–Trinajstić information content (AvgIpc) is 2.84. The minimum absolute atomic E-state index is 0.00366. The lowest BCUT2D eigenvalue weighted by atomic mass is 10.1. The minimum atomic E-state index is -3.96. The SMILES string of the molecule is CC1(C)CC1NC(=O)c1cc(S(N)(=O)=O)ccc1F. The quantitative estimate of drug-likeness (QED) is 0.868. The lowest BCUT2D eigenvalue weighted by molar-refractivity contribution is 0.0942. The molecular weight excluding hydrogens is 271 g/mol. The Morgan fingerprint density at radius 1 is 1.47 bits per heavy atom. The van der Waals surface area contributed by atoms with Crippen molar-refractivity contribution in [2.24, 2.45) is 10.6 Å². The zero-order chi connectivity index (χ0) is 14.4. The van der Waals surface area contributed by atoms with E-state index < -0.39 is 21.7 Å². The van der Waals surface area contributed by atoms with E-state index in [1.165, 1.54) is 0 Å². The predicted octanol–water partition coefficient (Wildman–Crippen LogP) is 1.00. The second-order valence-corrected chi connectivity index (χ2v) is 6.97. The van der Waals surface area contributed by atoms with Crippen LogP contribution in [0.15, 0.2) is 23.1 Å². The maximum atomic E-state index is 13.6. The third kappa shape index (κ3) is 2.93. The molecule has 0 radical (unpaired) electrons. The summed E-state index contributed by atoms with van der Waals surface area (Å²) < 4.78 is 35.9. The van der Waals surface area contributed by atoms with Gasteiger partial charge in [0.25, 0.3) is 5.91 Å². The molecule has 19 heavy (non-hydrogen) atoms. The van der Waals surface area contributed by atoms with Crippen molar-refractivity contribution in [3.8, 4) is 0 Å². The molecule has 1 aliphatic carbocycles. The Bertz CT molecular complexity index is 640. The number of nitrogens with two attached hydrogens (primary N) is 1. The second kappa shape index (κ2) is 4.28. The number of halogens is 1. The van der Waals surface area contributed by atoms with E-state index in [0.29, 0.717) is 0 Å². The third-order valence-corrected chi connectivity index (χ3v) is 4.24. The van der Waals surface area contributed by atoms with E-state index in [2.05, 4.69) is 5.32 Å². The van der Waals surface area contributed by atoms with Crippen LogP contribution in [0.25, 0.3) is 0 Å². The Morgan fingerprint density at radius 3 is 2.53 bits per heavy atom. The summed E-state index contributed by atoms with van der Waals surface area (Å²) in [5, 5.41) is 7.62. The number of hydrogen-bond acceptors (Lipinski definition) is 3. The van der Waals surface area contributed by atoms with Gasteiger partial charge in [-0.2, -0.15) is 0 Å². The van der Waals surface area contributed by atoms with Crippen LogP contribution in [-0.4, -0.2) is 20.4 Å². The predicted molar refractivity (Wildman–Crippen MR) is 67.4 cm³/mol. The molecule has 1 amide bonds. The van der Waals surface area contributed by atoms with Crippen LogP contribution in [0.4, 0.5) is 4.39 Å². The van der Waals surface area contributed by atoms with E-state index in [1.807, 2.05) is 13.8 Å². The summed E-state index contributed by atoms with van der Waals surface area (Å²) >= 11 is 0. The van der Waals surface area contributed by atoms with Gasteiger partial charge in [-0.25, -0.2) is 17.9 Å². The highest BCUT2D eigenvalue weighted by atomic mass is 32.2. The van der Waals surface area contributed by atoms with Crippen LogP contribution in [-0.2, 0) is 10.0 Å². The van der Waals surface area contributed by atoms with Gasteiger partial charge in [-0.15, -0.1) is 0 Å². The van der Waals surface area contributed by atoms with Gasteiger partial charge in [0.2, 0.25) is 10.0 Å². The first-order chi connectivity index (χ1) is 8.61. The molecule has 1 unspecified atom stereocenters. The van der Waals surface area contributed by atoms with Crippen molar-refractivity contribution in [3.63, 3.8) is 0 Å². The molecule has 1 aromatic rings. The zero-order valence-electron chi connectivity index (χ0n) is 10.6. The highest BCUT2D eigenvalue weighted by Crippen LogP contribution is 2.44. The first kappa shape index (κ1) is 14.0. The normalized spacial score (nSPS) is 20.9. The summed E-state index contributed by atoms with van der Waals surface area (Å²) in [7, 11) is -3.96. The molecule has 1 atom stereocenters. The summed E-state index contributed by atoms with van der Waals surface area (Å²) in [6.07, 6.45) is 0.815. The fraction of sp³-hybridized carbons (Fsp3) is 0.417. The Morgan fingerprint density at radius 2 is 2.05 bits per heavy atom. The van der Waals surface area contributed by atoms with Crippen LogP contribution in [0.3, 0.4) is 0 Å². The number of sulfonamides is 1. The first-order valence-corrected chi connectivity index (χ1v) is 7.29. The standard InChI is InChI=1S/C12H15FN2O3S/c1-12(2)6-10(12)15-11(16)8-5-7(19(14,17)18)3-4-9(8)13/h3-5,10H,6H2,1-2H3,(H,15,16)(H2,14,17,18). The minimum Gasteiger partial charge on any atom is -0.349 e. The molecule has 1 fully saturated rings. The van der Waals surface area contributed by atoms with Crippen LogP contribution < -0.4 is 10.5 Å². The third-order valence-electron chi connectivity index (χ3n) is 3.33. The lowest BCUT2D eigenvalue weighted by Gasteiger charge is -2.08. The molecule has 0 aromatic heterocycles. The molecule has 1 aromatic carbocycles. The zero-order valence-corrected chi connectivity index (χ0v) is 11.4. The molecule has 0 heterocycles. The number of carbonyl (C=O) groups is 1. The van der Waals surface area contributed by atoms with Gasteiger partial charge >= 0.3 is 0 Å². The van der Waals surface area contributed by atoms with E-state index in [9.17, 15) is 17.6 Å². The molecule has 0 saturated heterocycles. The molecule has 1 aliphatic rings. The summed E-state index contributed by atoms with van der Waals surface area (Å²) in [4.78, 5) is 11.6. The molecule has 3 N–H and O–H groups in total. The van der Waals surface area contributed by atoms with Gasteiger partial charge in [0, 0.05) is 6.04 Å². The largest absolute Gasteiger partial charge is 0.349 e. The molecule has 5 nitrogen and oxygen atoms in total. The highest BCUT2D eigenvalue weighted by Gasteiger charge is 2.46. The Labute approximate surface area is 111 Å². The maximum Gasteiger partial charge on any atom is 0.254 e. The van der Waals surface area contributed by atoms with E-state index in [-0.39, 0.29) is 21.9 Å². The Kier molecular flexibility index (Phi) is 3.14. The van der Waals surface area contributed by atoms with Crippen molar-refractivity contribution in [3.05, 3.63) is 29.6 Å². The topological polar surface area (TPSA) is 89.3 Å². The van der Waals surface area contributed by atoms with Crippen molar-refractivity contribution < 1.29 is 17.6 Å². The van der Waals surface area contributed by atoms with Crippen LogP contribution >= 0.6 is 0 Å². The number of amides is 1. The van der Waals surface area contributed by atoms with Gasteiger partial charge in [0.05, 0.1) is 10.5 Å². The molecule has 0 aliphatic heterocycles. The number of benzene rings is 1. The fourth-order valence-electron chi connectivity index (χ4n) is 1.80. The fourth-order valence-corrected chi connectivity index (χ4v) is 2.34. The molecule has 0 spiro atoms. The van der Waals surface area contributed by atoms with E-state index in [4.69, 9.17) is 5.14 Å². The molecule has 7 heteroatoms. The number of hydrogen-bond donors (Lipinski definition) is 2. The van der Waals surface area contributed by atoms with Gasteiger partial charge in [0.15, 0.2) is 0 Å². The Hall–Kier alpha value is -1.47. The van der Waals surface area contributed by atoms with Gasteiger partial charge in [-0.1, -0.05) is 13.8 Å². The van der Waals surface area contributed by atoms with Crippen molar-refractivity contribution in [1.29, 1.82) is 0 Å². The summed E-state index contributed by atoms with van der Waals surface area (Å²) in [5.74, 6) is -1.40. The van der Waals surface area contributed by atoms with Gasteiger partial charge in [0.1, 0.15) is 5.82 Å². The maximum absolute atomic E-state index is 13.6. The summed E-state index contributed by atoms with van der Waals surface area (Å²) in [5.41, 5.74) is -0.307. The van der Waals surface area contributed by atoms with Crippen LogP contribution in [0.2, 0.25) is 0 Å².